The van der Waals surface area contributed by atoms with E-state index >= 15 is 0 Å². The van der Waals surface area contributed by atoms with Crippen LogP contribution in [0.1, 0.15) is 39.0 Å². The Morgan fingerprint density at radius 3 is 2.78 bits per heavy atom. The number of nitrogens with two attached hydrogens (primary N) is 1. The second-order valence-electron chi connectivity index (χ2n) is 10.2. The molecule has 192 valence electrons. The Bertz CT molecular complexity index is 1350. The molecular formula is C24H33N9O3. The Kier molecular flexibility index (Phi) is 6.51. The van der Waals surface area contributed by atoms with Crippen molar-refractivity contribution in [2.24, 2.45) is 0 Å². The molecule has 4 unspecified atom stereocenters. The Hall–Kier alpha value is -3.32. The molecule has 3 aromatic heterocycles. The molecule has 0 aliphatic carbocycles. The van der Waals surface area contributed by atoms with Gasteiger partial charge in [0.1, 0.15) is 30.2 Å². The number of imidazole rings is 2. The van der Waals surface area contributed by atoms with Gasteiger partial charge in [-0.2, -0.15) is 0 Å². The molecule has 1 fully saturated rings. The molecule has 1 saturated heterocycles. The molecule has 36 heavy (non-hydrogen) atoms. The van der Waals surface area contributed by atoms with Gasteiger partial charge in [-0.05, 0) is 36.1 Å². The summed E-state index contributed by atoms with van der Waals surface area (Å²) in [6, 6.07) is 6.32. The quantitative estimate of drug-likeness (QED) is 0.196. The van der Waals surface area contributed by atoms with Crippen LogP contribution < -0.4 is 16.4 Å². The van der Waals surface area contributed by atoms with E-state index in [0.29, 0.717) is 24.3 Å². The van der Waals surface area contributed by atoms with Gasteiger partial charge in [-0.15, -0.1) is 0 Å². The average Bonchev–Trinajstić information content (AvgIpc) is 3.52. The topological polar surface area (TPSA) is 172 Å². The van der Waals surface area contributed by atoms with Crippen molar-refractivity contribution in [1.82, 2.24) is 34.8 Å². The van der Waals surface area contributed by atoms with Gasteiger partial charge in [-0.3, -0.25) is 4.57 Å². The van der Waals surface area contributed by atoms with Crippen LogP contribution in [0.3, 0.4) is 0 Å². The van der Waals surface area contributed by atoms with Gasteiger partial charge in [0, 0.05) is 13.1 Å². The largest absolute Gasteiger partial charge is 0.387 e. The van der Waals surface area contributed by atoms with Gasteiger partial charge in [0.15, 0.2) is 17.7 Å². The van der Waals surface area contributed by atoms with E-state index in [9.17, 15) is 10.2 Å². The van der Waals surface area contributed by atoms with E-state index in [1.807, 2.05) is 6.07 Å². The molecule has 4 aromatic rings. The van der Waals surface area contributed by atoms with Gasteiger partial charge in [0.05, 0.1) is 17.4 Å². The van der Waals surface area contributed by atoms with Crippen LogP contribution in [0.5, 0.6) is 0 Å². The molecule has 4 atom stereocenters. The number of hydrogen-bond acceptors (Lipinski definition) is 10. The molecule has 12 nitrogen and oxygen atoms in total. The molecule has 0 bridgehead atoms. The number of nitrogen functional groups attached to an aromatic ring is 1. The summed E-state index contributed by atoms with van der Waals surface area (Å²) in [6.07, 6.45) is 0.0718. The van der Waals surface area contributed by atoms with E-state index < -0.39 is 24.5 Å². The predicted molar refractivity (Wildman–Crippen MR) is 136 cm³/mol. The van der Waals surface area contributed by atoms with E-state index in [0.717, 1.165) is 29.9 Å². The molecule has 12 heteroatoms. The highest BCUT2D eigenvalue weighted by Crippen LogP contribution is 2.31. The Labute approximate surface area is 208 Å². The van der Waals surface area contributed by atoms with Gasteiger partial charge >= 0.3 is 0 Å². The van der Waals surface area contributed by atoms with Crippen LogP contribution in [0.4, 0.5) is 11.8 Å². The predicted octanol–water partition coefficient (Wildman–Crippen LogP) is 1.29. The van der Waals surface area contributed by atoms with Crippen LogP contribution in [0.2, 0.25) is 0 Å². The Morgan fingerprint density at radius 1 is 1.14 bits per heavy atom. The summed E-state index contributed by atoms with van der Waals surface area (Å²) in [4.78, 5) is 20.3. The van der Waals surface area contributed by atoms with Crippen molar-refractivity contribution in [3.63, 3.8) is 0 Å². The number of aliphatic hydroxyl groups is 2. The zero-order chi connectivity index (χ0) is 25.4. The smallest absolute Gasteiger partial charge is 0.201 e. The van der Waals surface area contributed by atoms with Crippen molar-refractivity contribution in [1.29, 1.82) is 0 Å². The Balaban J connectivity index is 1.09. The SMILES string of the molecule is CC(C)(C)c1ccc2nc(NCCCNCC3OC(n4cnc5c(N)ncnc54)C(O)C3O)[nH]c2c1. The standard InChI is InChI=1S/C24H33N9O3/c1-24(2,3)13-5-6-14-15(9-13)32-23(31-14)27-8-4-7-26-10-16-18(34)19(35)22(36-16)33-12-30-17-20(25)28-11-29-21(17)33/h5-6,9,11-12,16,18-19,22,26,34-35H,4,7-8,10H2,1-3H3,(H2,25,28,29)(H2,27,31,32). The van der Waals surface area contributed by atoms with Crippen LogP contribution in [-0.4, -0.2) is 77.6 Å². The van der Waals surface area contributed by atoms with E-state index in [4.69, 9.17) is 10.5 Å². The molecule has 5 rings (SSSR count). The fraction of sp³-hybridized carbons (Fsp3) is 0.500. The van der Waals surface area contributed by atoms with Crippen molar-refractivity contribution < 1.29 is 14.9 Å². The van der Waals surface area contributed by atoms with Crippen molar-refractivity contribution in [2.75, 3.05) is 30.7 Å². The first-order valence-electron chi connectivity index (χ1n) is 12.1. The minimum absolute atomic E-state index is 0.0835. The van der Waals surface area contributed by atoms with Crippen molar-refractivity contribution in [2.45, 2.75) is 57.1 Å². The van der Waals surface area contributed by atoms with E-state index in [-0.39, 0.29) is 11.2 Å². The number of H-pyrrole nitrogens is 1. The van der Waals surface area contributed by atoms with E-state index in [2.05, 4.69) is 68.5 Å². The number of nitrogens with zero attached hydrogens (tertiary/aromatic N) is 5. The lowest BCUT2D eigenvalue weighted by atomic mass is 9.87. The van der Waals surface area contributed by atoms with Crippen molar-refractivity contribution >= 4 is 34.0 Å². The van der Waals surface area contributed by atoms with E-state index in [1.54, 1.807) is 4.57 Å². The van der Waals surface area contributed by atoms with Crippen LogP contribution in [-0.2, 0) is 10.2 Å². The summed E-state index contributed by atoms with van der Waals surface area (Å²) >= 11 is 0. The monoisotopic (exact) mass is 495 g/mol. The number of ether oxygens (including phenoxy) is 1. The number of aliphatic hydroxyl groups excluding tert-OH is 2. The van der Waals surface area contributed by atoms with Gasteiger partial charge in [-0.25, -0.2) is 19.9 Å². The number of fused-ring (bicyclic) bond motifs is 2. The number of hydrogen-bond donors (Lipinski definition) is 6. The second-order valence-corrected chi connectivity index (χ2v) is 10.2. The van der Waals surface area contributed by atoms with Crippen LogP contribution in [0.25, 0.3) is 22.2 Å². The van der Waals surface area contributed by atoms with Gasteiger partial charge in [-0.1, -0.05) is 26.8 Å². The Morgan fingerprint density at radius 2 is 1.97 bits per heavy atom. The number of nitrogens with one attached hydrogen (secondary N) is 3. The minimum atomic E-state index is -1.13. The second kappa shape index (κ2) is 9.62. The number of rotatable bonds is 8. The first-order valence-corrected chi connectivity index (χ1v) is 12.1. The highest BCUT2D eigenvalue weighted by molar-refractivity contribution is 5.81. The first kappa shape index (κ1) is 24.4. The number of aromatic nitrogens is 6. The maximum Gasteiger partial charge on any atom is 0.201 e. The molecule has 0 radical (unpaired) electrons. The lowest BCUT2D eigenvalue weighted by molar-refractivity contribution is -0.0341. The zero-order valence-electron chi connectivity index (χ0n) is 20.6. The zero-order valence-corrected chi connectivity index (χ0v) is 20.6. The molecule has 1 aromatic carbocycles. The third-order valence-corrected chi connectivity index (χ3v) is 6.51. The summed E-state index contributed by atoms with van der Waals surface area (Å²) in [5.74, 6) is 0.990. The summed E-state index contributed by atoms with van der Waals surface area (Å²) in [5.41, 5.74) is 10.0. The molecule has 1 aliphatic heterocycles. The normalized spacial score (nSPS) is 22.6. The molecular weight excluding hydrogens is 462 g/mol. The lowest BCUT2D eigenvalue weighted by Crippen LogP contribution is -2.38. The van der Waals surface area contributed by atoms with Crippen LogP contribution in [0.15, 0.2) is 30.9 Å². The van der Waals surface area contributed by atoms with E-state index in [1.165, 1.54) is 18.2 Å². The average molecular weight is 496 g/mol. The maximum absolute atomic E-state index is 10.6. The van der Waals surface area contributed by atoms with Gasteiger partial charge in [0.25, 0.3) is 0 Å². The molecule has 0 spiro atoms. The minimum Gasteiger partial charge on any atom is -0.387 e. The fourth-order valence-corrected chi connectivity index (χ4v) is 4.41. The highest BCUT2D eigenvalue weighted by atomic mass is 16.6. The molecule has 7 N–H and O–H groups in total. The molecule has 0 amide bonds. The number of anilines is 2. The molecule has 4 heterocycles. The third-order valence-electron chi connectivity index (χ3n) is 6.51. The lowest BCUT2D eigenvalue weighted by Gasteiger charge is -2.18. The van der Waals surface area contributed by atoms with Gasteiger partial charge in [0.2, 0.25) is 5.95 Å². The van der Waals surface area contributed by atoms with Gasteiger partial charge < -0.3 is 36.3 Å². The molecule has 0 saturated carbocycles. The third kappa shape index (κ3) is 4.72. The van der Waals surface area contributed by atoms with Crippen LogP contribution >= 0.6 is 0 Å². The summed E-state index contributed by atoms with van der Waals surface area (Å²) in [5, 5.41) is 27.7. The number of benzene rings is 1. The fourth-order valence-electron chi connectivity index (χ4n) is 4.41. The first-order chi connectivity index (χ1) is 17.2. The highest BCUT2D eigenvalue weighted by Gasteiger charge is 2.44. The maximum atomic E-state index is 10.6. The van der Waals surface area contributed by atoms with Crippen LogP contribution in [0, 0.1) is 0 Å². The number of aromatic amines is 1. The molecule has 1 aliphatic rings. The summed E-state index contributed by atoms with van der Waals surface area (Å²) in [7, 11) is 0. The van der Waals surface area contributed by atoms with Crippen molar-refractivity contribution in [3.05, 3.63) is 36.4 Å². The summed E-state index contributed by atoms with van der Waals surface area (Å²) in [6.45, 7) is 8.39. The van der Waals surface area contributed by atoms with Crippen molar-refractivity contribution in [3.8, 4) is 0 Å². The summed E-state index contributed by atoms with van der Waals surface area (Å²) < 4.78 is 7.52.